The molecule has 2 aliphatic rings. The predicted octanol–water partition coefficient (Wildman–Crippen LogP) is 0.621. The summed E-state index contributed by atoms with van der Waals surface area (Å²) >= 11 is 0. The highest BCUT2D eigenvalue weighted by Gasteiger charge is 1.79. The Morgan fingerprint density at radius 2 is 2.25 bits per heavy atom. The van der Waals surface area contributed by atoms with Crippen molar-refractivity contribution in [3.8, 4) is 0 Å². The minimum absolute atomic E-state index is 0.826. The van der Waals surface area contributed by atoms with Gasteiger partial charge in [-0.1, -0.05) is 0 Å². The van der Waals surface area contributed by atoms with Gasteiger partial charge < -0.3 is 5.32 Å². The molecule has 0 aromatic rings. The zero-order valence-corrected chi connectivity index (χ0v) is 6.85. The molecule has 0 fully saturated rings. The standard InChI is InChI=1S/2C4H6N2/c2*1-2-5-4-6-3-1/h2,4H,1,3H2;1-2,4H,3H2,(H,5,6). The highest BCUT2D eigenvalue weighted by Crippen LogP contribution is 1.80. The first kappa shape index (κ1) is 8.64. The minimum Gasteiger partial charge on any atom is -0.353 e. The second-order valence-corrected chi connectivity index (χ2v) is 2.21. The SMILES string of the molecule is C1=CNC=NC1.C1=NC=NCC1. The van der Waals surface area contributed by atoms with Gasteiger partial charge in [-0.3, -0.25) is 9.98 Å². The van der Waals surface area contributed by atoms with Crippen molar-refractivity contribution in [3.63, 3.8) is 0 Å². The third-order valence-corrected chi connectivity index (χ3v) is 1.23. The molecule has 0 aromatic heterocycles. The van der Waals surface area contributed by atoms with Crippen molar-refractivity contribution >= 4 is 18.9 Å². The molecule has 2 aliphatic heterocycles. The molecule has 1 N–H and O–H groups in total. The highest BCUT2D eigenvalue weighted by molar-refractivity contribution is 5.74. The van der Waals surface area contributed by atoms with Gasteiger partial charge in [0.15, 0.2) is 0 Å². The van der Waals surface area contributed by atoms with E-state index in [-0.39, 0.29) is 0 Å². The van der Waals surface area contributed by atoms with Crippen LogP contribution in [0.25, 0.3) is 0 Å². The fourth-order valence-corrected chi connectivity index (χ4v) is 0.689. The Labute approximate surface area is 71.8 Å². The van der Waals surface area contributed by atoms with Crippen molar-refractivity contribution in [2.45, 2.75) is 6.42 Å². The molecule has 4 heteroatoms. The van der Waals surface area contributed by atoms with Crippen molar-refractivity contribution < 1.29 is 0 Å². The van der Waals surface area contributed by atoms with E-state index in [0.29, 0.717) is 0 Å². The van der Waals surface area contributed by atoms with Gasteiger partial charge in [0.25, 0.3) is 0 Å². The monoisotopic (exact) mass is 164 g/mol. The van der Waals surface area contributed by atoms with E-state index in [1.165, 1.54) is 0 Å². The Balaban J connectivity index is 0.000000120. The van der Waals surface area contributed by atoms with Crippen LogP contribution in [0.1, 0.15) is 6.42 Å². The predicted molar refractivity (Wildman–Crippen MR) is 52.1 cm³/mol. The van der Waals surface area contributed by atoms with Crippen LogP contribution >= 0.6 is 0 Å². The summed E-state index contributed by atoms with van der Waals surface area (Å²) in [5.74, 6) is 0. The average Bonchev–Trinajstić information content (AvgIpc) is 2.24. The molecule has 0 saturated heterocycles. The molecule has 2 rings (SSSR count). The molecule has 0 radical (unpaired) electrons. The second kappa shape index (κ2) is 6.27. The quantitative estimate of drug-likeness (QED) is 0.560. The van der Waals surface area contributed by atoms with E-state index < -0.39 is 0 Å². The fourth-order valence-electron chi connectivity index (χ4n) is 0.689. The molecule has 12 heavy (non-hydrogen) atoms. The smallest absolute Gasteiger partial charge is 0.109 e. The second-order valence-electron chi connectivity index (χ2n) is 2.21. The van der Waals surface area contributed by atoms with Crippen LogP contribution in [0.4, 0.5) is 0 Å². The number of rotatable bonds is 0. The zero-order chi connectivity index (χ0) is 8.49. The maximum atomic E-state index is 3.85. The van der Waals surface area contributed by atoms with Gasteiger partial charge in [0, 0.05) is 19.2 Å². The molecule has 4 nitrogen and oxygen atoms in total. The lowest BCUT2D eigenvalue weighted by atomic mass is 10.4. The maximum Gasteiger partial charge on any atom is 0.109 e. The highest BCUT2D eigenvalue weighted by atomic mass is 14.9. The first-order chi connectivity index (χ1) is 6.00. The van der Waals surface area contributed by atoms with Crippen molar-refractivity contribution in [1.82, 2.24) is 5.32 Å². The van der Waals surface area contributed by atoms with Gasteiger partial charge in [0.05, 0.1) is 12.9 Å². The summed E-state index contributed by atoms with van der Waals surface area (Å²) in [6.45, 7) is 1.75. The number of nitrogens with one attached hydrogen (secondary N) is 1. The van der Waals surface area contributed by atoms with E-state index in [2.05, 4.69) is 20.3 Å². The Kier molecular flexibility index (Phi) is 4.52. The van der Waals surface area contributed by atoms with Crippen LogP contribution in [-0.2, 0) is 0 Å². The van der Waals surface area contributed by atoms with E-state index >= 15 is 0 Å². The molecule has 0 atom stereocenters. The average molecular weight is 164 g/mol. The molecule has 0 saturated carbocycles. The largest absolute Gasteiger partial charge is 0.353 e. The van der Waals surface area contributed by atoms with Gasteiger partial charge in [0.2, 0.25) is 0 Å². The number of hydrogen-bond acceptors (Lipinski definition) is 4. The lowest BCUT2D eigenvalue weighted by Crippen LogP contribution is -2.04. The van der Waals surface area contributed by atoms with Crippen LogP contribution in [0, 0.1) is 0 Å². The Bertz CT molecular complexity index is 183. The van der Waals surface area contributed by atoms with Crippen LogP contribution in [0.2, 0.25) is 0 Å². The Morgan fingerprint density at radius 3 is 2.42 bits per heavy atom. The van der Waals surface area contributed by atoms with Crippen molar-refractivity contribution in [1.29, 1.82) is 0 Å². The maximum absolute atomic E-state index is 3.85. The normalized spacial score (nSPS) is 18.0. The van der Waals surface area contributed by atoms with E-state index in [0.717, 1.165) is 19.5 Å². The van der Waals surface area contributed by atoms with E-state index in [9.17, 15) is 0 Å². The molecule has 0 aromatic carbocycles. The molecule has 2 heterocycles. The minimum atomic E-state index is 0.826. The van der Waals surface area contributed by atoms with Crippen molar-refractivity contribution in [2.24, 2.45) is 15.0 Å². The fraction of sp³-hybridized carbons (Fsp3) is 0.375. The van der Waals surface area contributed by atoms with Gasteiger partial charge in [-0.05, 0) is 12.3 Å². The molecule has 64 valence electrons. The summed E-state index contributed by atoms with van der Waals surface area (Å²) in [5.41, 5.74) is 0. The lowest BCUT2D eigenvalue weighted by Gasteiger charge is -1.91. The van der Waals surface area contributed by atoms with Gasteiger partial charge in [-0.15, -0.1) is 0 Å². The van der Waals surface area contributed by atoms with Crippen LogP contribution in [0.5, 0.6) is 0 Å². The van der Waals surface area contributed by atoms with Crippen LogP contribution < -0.4 is 5.32 Å². The zero-order valence-electron chi connectivity index (χ0n) is 6.85. The van der Waals surface area contributed by atoms with Crippen LogP contribution in [0.15, 0.2) is 27.3 Å². The third-order valence-electron chi connectivity index (χ3n) is 1.23. The van der Waals surface area contributed by atoms with E-state index in [4.69, 9.17) is 0 Å². The van der Waals surface area contributed by atoms with Crippen LogP contribution in [-0.4, -0.2) is 32.0 Å². The summed E-state index contributed by atoms with van der Waals surface area (Å²) in [4.78, 5) is 11.5. The molecule has 0 amide bonds. The van der Waals surface area contributed by atoms with Crippen molar-refractivity contribution in [3.05, 3.63) is 12.3 Å². The topological polar surface area (TPSA) is 49.1 Å². The molecule has 0 spiro atoms. The first-order valence-corrected chi connectivity index (χ1v) is 3.89. The Hall–Kier alpha value is -1.45. The number of hydrogen-bond donors (Lipinski definition) is 1. The number of nitrogens with zero attached hydrogens (tertiary/aromatic N) is 3. The summed E-state index contributed by atoms with van der Waals surface area (Å²) in [6, 6.07) is 0. The molecule has 0 unspecified atom stereocenters. The molecule has 0 bridgehead atoms. The van der Waals surface area contributed by atoms with Gasteiger partial charge in [-0.2, -0.15) is 0 Å². The van der Waals surface area contributed by atoms with Gasteiger partial charge >= 0.3 is 0 Å². The Morgan fingerprint density at radius 1 is 1.25 bits per heavy atom. The van der Waals surface area contributed by atoms with Gasteiger partial charge in [0.1, 0.15) is 6.34 Å². The van der Waals surface area contributed by atoms with E-state index in [1.807, 2.05) is 18.5 Å². The number of aliphatic imine (C=N–C) groups is 3. The summed E-state index contributed by atoms with van der Waals surface area (Å²) in [7, 11) is 0. The molecular formula is C8H12N4. The summed E-state index contributed by atoms with van der Waals surface area (Å²) < 4.78 is 0. The first-order valence-electron chi connectivity index (χ1n) is 3.89. The van der Waals surface area contributed by atoms with E-state index in [1.54, 1.807) is 12.7 Å². The third kappa shape index (κ3) is 4.38. The van der Waals surface area contributed by atoms with Crippen molar-refractivity contribution in [2.75, 3.05) is 13.1 Å². The van der Waals surface area contributed by atoms with Crippen LogP contribution in [0.3, 0.4) is 0 Å². The molecule has 0 aliphatic carbocycles. The molecular weight excluding hydrogens is 152 g/mol. The lowest BCUT2D eigenvalue weighted by molar-refractivity contribution is 1.04. The van der Waals surface area contributed by atoms with Gasteiger partial charge in [-0.25, -0.2) is 4.99 Å². The summed E-state index contributed by atoms with van der Waals surface area (Å²) in [6.07, 6.45) is 9.97. The summed E-state index contributed by atoms with van der Waals surface area (Å²) in [5, 5.41) is 2.81.